The molecule has 2 aromatic carbocycles. The quantitative estimate of drug-likeness (QED) is 0.636. The first kappa shape index (κ1) is 20.5. The summed E-state index contributed by atoms with van der Waals surface area (Å²) in [6, 6.07) is 15.9. The highest BCUT2D eigenvalue weighted by Gasteiger charge is 2.24. The van der Waals surface area contributed by atoms with E-state index in [9.17, 15) is 9.59 Å². The zero-order valence-corrected chi connectivity index (χ0v) is 16.4. The minimum absolute atomic E-state index is 0.153. The van der Waals surface area contributed by atoms with E-state index in [1.807, 2.05) is 36.6 Å². The molecule has 0 radical (unpaired) electrons. The number of carbonyl (C=O) groups excluding carboxylic acids is 2. The molecule has 0 fully saturated rings. The van der Waals surface area contributed by atoms with Crippen LogP contribution in [-0.4, -0.2) is 37.7 Å². The Morgan fingerprint density at radius 1 is 1.19 bits per heavy atom. The molecular weight excluding hydrogens is 360 g/mol. The number of hydrogen-bond donors (Lipinski definition) is 3. The van der Waals surface area contributed by atoms with Crippen molar-refractivity contribution in [2.45, 2.75) is 17.9 Å². The first-order chi connectivity index (χ1) is 12.9. The molecule has 0 aliphatic heterocycles. The van der Waals surface area contributed by atoms with Crippen LogP contribution in [0.2, 0.25) is 0 Å². The van der Waals surface area contributed by atoms with Gasteiger partial charge in [0.2, 0.25) is 0 Å². The van der Waals surface area contributed by atoms with Crippen LogP contribution in [0.15, 0.2) is 53.4 Å². The van der Waals surface area contributed by atoms with Crippen molar-refractivity contribution in [1.82, 2.24) is 0 Å². The number of likely N-dealkylation sites (N-methyl/N-ethyl adjacent to an activating group) is 1. The molecule has 1 unspecified atom stereocenters. The van der Waals surface area contributed by atoms with Crippen molar-refractivity contribution in [3.8, 4) is 6.07 Å². The molecule has 0 aromatic heterocycles. The number of quaternary nitrogens is 1. The van der Waals surface area contributed by atoms with Gasteiger partial charge in [0.1, 0.15) is 0 Å². The Hall–Kier alpha value is -2.82. The maximum atomic E-state index is 12.4. The molecule has 0 heterocycles. The third-order valence-corrected chi connectivity index (χ3v) is 5.01. The van der Waals surface area contributed by atoms with Gasteiger partial charge in [-0.1, -0.05) is 18.2 Å². The molecule has 140 valence electrons. The van der Waals surface area contributed by atoms with Crippen molar-refractivity contribution in [3.05, 3.63) is 54.1 Å². The fourth-order valence-electron chi connectivity index (χ4n) is 2.49. The SMILES string of the molecule is CSc1ccccc1NC(=O)C[NH+](C)[C@H](C)C(=O)Nc1cccc(C#N)c1. The Kier molecular flexibility index (Phi) is 7.41. The number of benzene rings is 2. The van der Waals surface area contributed by atoms with Crippen LogP contribution in [0.1, 0.15) is 12.5 Å². The van der Waals surface area contributed by atoms with Gasteiger partial charge < -0.3 is 15.5 Å². The number of nitriles is 1. The third-order valence-electron chi connectivity index (χ3n) is 4.21. The average Bonchev–Trinajstić information content (AvgIpc) is 2.67. The largest absolute Gasteiger partial charge is 0.321 e. The molecule has 0 aliphatic carbocycles. The van der Waals surface area contributed by atoms with E-state index in [0.717, 1.165) is 15.5 Å². The lowest BCUT2D eigenvalue weighted by Gasteiger charge is -2.21. The molecule has 0 bridgehead atoms. The van der Waals surface area contributed by atoms with E-state index in [1.165, 1.54) is 0 Å². The van der Waals surface area contributed by atoms with E-state index in [2.05, 4.69) is 10.6 Å². The fraction of sp³-hybridized carbons (Fsp3) is 0.250. The zero-order chi connectivity index (χ0) is 19.8. The maximum absolute atomic E-state index is 12.4. The molecular formula is C20H23N4O2S+. The molecule has 7 heteroatoms. The van der Waals surface area contributed by atoms with Gasteiger partial charge in [0.15, 0.2) is 12.6 Å². The lowest BCUT2D eigenvalue weighted by Crippen LogP contribution is -3.14. The first-order valence-corrected chi connectivity index (χ1v) is 9.73. The topological polar surface area (TPSA) is 86.4 Å². The van der Waals surface area contributed by atoms with Crippen LogP contribution in [-0.2, 0) is 9.59 Å². The van der Waals surface area contributed by atoms with E-state index in [1.54, 1.807) is 50.0 Å². The molecule has 0 spiro atoms. The molecule has 3 N–H and O–H groups in total. The summed E-state index contributed by atoms with van der Waals surface area (Å²) in [5, 5.41) is 14.6. The smallest absolute Gasteiger partial charge is 0.282 e. The van der Waals surface area contributed by atoms with Crippen molar-refractivity contribution in [2.24, 2.45) is 0 Å². The number of nitrogens with one attached hydrogen (secondary N) is 3. The summed E-state index contributed by atoms with van der Waals surface area (Å²) in [6.45, 7) is 1.93. The highest BCUT2D eigenvalue weighted by atomic mass is 32.2. The van der Waals surface area contributed by atoms with E-state index < -0.39 is 6.04 Å². The van der Waals surface area contributed by atoms with E-state index in [-0.39, 0.29) is 18.4 Å². The third kappa shape index (κ3) is 5.84. The molecule has 27 heavy (non-hydrogen) atoms. The minimum atomic E-state index is -0.433. The number of amides is 2. The van der Waals surface area contributed by atoms with Gasteiger partial charge in [0.05, 0.1) is 24.4 Å². The number of para-hydroxylation sites is 1. The summed E-state index contributed by atoms with van der Waals surface area (Å²) in [5.74, 6) is -0.361. The van der Waals surface area contributed by atoms with Crippen LogP contribution in [0.25, 0.3) is 0 Å². The van der Waals surface area contributed by atoms with Gasteiger partial charge in [-0.3, -0.25) is 9.59 Å². The van der Waals surface area contributed by atoms with Crippen LogP contribution in [0.3, 0.4) is 0 Å². The molecule has 2 amide bonds. The highest BCUT2D eigenvalue weighted by molar-refractivity contribution is 7.98. The summed E-state index contributed by atoms with van der Waals surface area (Å²) < 4.78 is 0. The monoisotopic (exact) mass is 383 g/mol. The number of hydrogen-bond acceptors (Lipinski definition) is 4. The zero-order valence-electron chi connectivity index (χ0n) is 15.6. The number of carbonyl (C=O) groups is 2. The van der Waals surface area contributed by atoms with Gasteiger partial charge in [-0.25, -0.2) is 0 Å². The normalized spacial score (nSPS) is 12.5. The van der Waals surface area contributed by atoms with Crippen molar-refractivity contribution in [2.75, 3.05) is 30.5 Å². The molecule has 0 saturated heterocycles. The van der Waals surface area contributed by atoms with Crippen molar-refractivity contribution >= 4 is 35.0 Å². The van der Waals surface area contributed by atoms with Crippen LogP contribution in [0.5, 0.6) is 0 Å². The second-order valence-corrected chi connectivity index (χ2v) is 7.02. The van der Waals surface area contributed by atoms with Crippen LogP contribution in [0, 0.1) is 11.3 Å². The minimum Gasteiger partial charge on any atom is -0.321 e. The van der Waals surface area contributed by atoms with Gasteiger partial charge in [0, 0.05) is 10.6 Å². The van der Waals surface area contributed by atoms with Gasteiger partial charge in [-0.15, -0.1) is 11.8 Å². The standard InChI is InChI=1S/C20H22N4O2S/c1-14(20(26)22-16-8-6-7-15(11-16)12-21)24(2)13-19(25)23-17-9-4-5-10-18(17)27-3/h4-11,14H,13H2,1-3H3,(H,22,26)(H,23,25)/p+1/t14-/m1/s1. The Bertz CT molecular complexity index is 863. The van der Waals surface area contributed by atoms with Crippen molar-refractivity contribution in [1.29, 1.82) is 5.26 Å². The second kappa shape index (κ2) is 9.76. The average molecular weight is 383 g/mol. The van der Waals surface area contributed by atoms with E-state index in [0.29, 0.717) is 11.3 Å². The van der Waals surface area contributed by atoms with Crippen LogP contribution in [0.4, 0.5) is 11.4 Å². The molecule has 6 nitrogen and oxygen atoms in total. The molecule has 2 aromatic rings. The van der Waals surface area contributed by atoms with E-state index >= 15 is 0 Å². The molecule has 2 atom stereocenters. The first-order valence-electron chi connectivity index (χ1n) is 8.50. The van der Waals surface area contributed by atoms with Crippen LogP contribution < -0.4 is 15.5 Å². The Balaban J connectivity index is 1.93. The van der Waals surface area contributed by atoms with Crippen LogP contribution >= 0.6 is 11.8 Å². The van der Waals surface area contributed by atoms with E-state index in [4.69, 9.17) is 5.26 Å². The number of anilines is 2. The van der Waals surface area contributed by atoms with Gasteiger partial charge in [-0.05, 0) is 43.5 Å². The maximum Gasteiger partial charge on any atom is 0.282 e. The number of rotatable bonds is 7. The van der Waals surface area contributed by atoms with Crippen molar-refractivity contribution in [3.63, 3.8) is 0 Å². The highest BCUT2D eigenvalue weighted by Crippen LogP contribution is 2.24. The summed E-state index contributed by atoms with van der Waals surface area (Å²) in [7, 11) is 1.80. The van der Waals surface area contributed by atoms with Gasteiger partial charge >= 0.3 is 0 Å². The Labute approximate surface area is 163 Å². The molecule has 0 aliphatic rings. The lowest BCUT2D eigenvalue weighted by molar-refractivity contribution is -0.885. The molecule has 2 rings (SSSR count). The predicted octanol–water partition coefficient (Wildman–Crippen LogP) is 1.76. The Morgan fingerprint density at radius 3 is 2.63 bits per heavy atom. The fourth-order valence-corrected chi connectivity index (χ4v) is 3.04. The number of thioether (sulfide) groups is 1. The van der Waals surface area contributed by atoms with Crippen molar-refractivity contribution < 1.29 is 14.5 Å². The lowest BCUT2D eigenvalue weighted by atomic mass is 10.2. The second-order valence-electron chi connectivity index (χ2n) is 6.18. The summed E-state index contributed by atoms with van der Waals surface area (Å²) in [4.78, 5) is 26.6. The van der Waals surface area contributed by atoms with Gasteiger partial charge in [0.25, 0.3) is 11.8 Å². The predicted molar refractivity (Wildman–Crippen MR) is 108 cm³/mol. The summed E-state index contributed by atoms with van der Waals surface area (Å²) in [6.07, 6.45) is 1.95. The summed E-state index contributed by atoms with van der Waals surface area (Å²) in [5.41, 5.74) is 1.82. The molecule has 0 saturated carbocycles. The Morgan fingerprint density at radius 2 is 1.93 bits per heavy atom. The summed E-state index contributed by atoms with van der Waals surface area (Å²) >= 11 is 1.56. The van der Waals surface area contributed by atoms with Gasteiger partial charge in [-0.2, -0.15) is 5.26 Å². The number of nitrogens with zero attached hydrogens (tertiary/aromatic N) is 1.